The zero-order chi connectivity index (χ0) is 20.4. The molecule has 1 aliphatic rings. The minimum Gasteiger partial charge on any atom is -0.326 e. The number of anilines is 1. The third-order valence-electron chi connectivity index (χ3n) is 4.66. The van der Waals surface area contributed by atoms with Gasteiger partial charge in [0.25, 0.3) is 0 Å². The lowest BCUT2D eigenvalue weighted by molar-refractivity contribution is -0.120. The van der Waals surface area contributed by atoms with Crippen LogP contribution in [0.1, 0.15) is 12.8 Å². The molecule has 3 rings (SSSR count). The van der Waals surface area contributed by atoms with Gasteiger partial charge in [0.2, 0.25) is 26.0 Å². The van der Waals surface area contributed by atoms with Crippen molar-refractivity contribution in [3.05, 3.63) is 54.6 Å². The minimum atomic E-state index is -3.79. The van der Waals surface area contributed by atoms with Gasteiger partial charge in [0.05, 0.1) is 9.79 Å². The fourth-order valence-electron chi connectivity index (χ4n) is 3.07. The number of nitrogens with one attached hydrogen (secondary N) is 1. The first-order valence-electron chi connectivity index (χ1n) is 8.67. The van der Waals surface area contributed by atoms with Crippen molar-refractivity contribution in [1.29, 1.82) is 0 Å². The number of rotatable bonds is 5. The maximum Gasteiger partial charge on any atom is 0.243 e. The average molecular weight is 424 g/mol. The Balaban J connectivity index is 1.60. The summed E-state index contributed by atoms with van der Waals surface area (Å²) in [5.41, 5.74) is 0.455. The number of nitrogens with two attached hydrogens (primary N) is 1. The van der Waals surface area contributed by atoms with Crippen LogP contribution in [0.3, 0.4) is 0 Å². The van der Waals surface area contributed by atoms with Gasteiger partial charge in [-0.3, -0.25) is 4.79 Å². The van der Waals surface area contributed by atoms with Crippen molar-refractivity contribution in [3.8, 4) is 0 Å². The van der Waals surface area contributed by atoms with Crippen LogP contribution in [-0.2, 0) is 24.8 Å². The number of carbonyl (C=O) groups excluding carboxylic acids is 1. The Morgan fingerprint density at radius 1 is 0.893 bits per heavy atom. The lowest BCUT2D eigenvalue weighted by Crippen LogP contribution is -2.41. The summed E-state index contributed by atoms with van der Waals surface area (Å²) in [6.45, 7) is 0.527. The zero-order valence-corrected chi connectivity index (χ0v) is 16.6. The van der Waals surface area contributed by atoms with Crippen molar-refractivity contribution < 1.29 is 21.6 Å². The van der Waals surface area contributed by atoms with Gasteiger partial charge in [-0.1, -0.05) is 18.2 Å². The molecule has 0 radical (unpaired) electrons. The molecule has 0 spiro atoms. The summed E-state index contributed by atoms with van der Waals surface area (Å²) in [5.74, 6) is -0.541. The van der Waals surface area contributed by atoms with Gasteiger partial charge in [0.15, 0.2) is 0 Å². The Hall–Kier alpha value is -2.27. The molecule has 0 unspecified atom stereocenters. The van der Waals surface area contributed by atoms with E-state index in [0.29, 0.717) is 18.5 Å². The number of benzene rings is 2. The SMILES string of the molecule is NS(=O)(=O)c1ccc(NC(=O)C2CCN(S(=O)(=O)c3ccccc3)CC2)cc1. The van der Waals surface area contributed by atoms with Crippen LogP contribution in [-0.4, -0.2) is 40.1 Å². The van der Waals surface area contributed by atoms with Crippen molar-refractivity contribution in [1.82, 2.24) is 4.31 Å². The van der Waals surface area contributed by atoms with Crippen LogP contribution < -0.4 is 10.5 Å². The zero-order valence-electron chi connectivity index (χ0n) is 15.0. The van der Waals surface area contributed by atoms with E-state index in [1.165, 1.54) is 28.6 Å². The number of primary sulfonamides is 1. The molecule has 0 aromatic heterocycles. The Morgan fingerprint density at radius 2 is 1.46 bits per heavy atom. The first kappa shape index (κ1) is 20.5. The maximum atomic E-state index is 12.6. The maximum absolute atomic E-state index is 12.6. The second kappa shape index (κ2) is 8.00. The molecule has 2 aromatic rings. The van der Waals surface area contributed by atoms with Crippen molar-refractivity contribution in [2.75, 3.05) is 18.4 Å². The van der Waals surface area contributed by atoms with Gasteiger partial charge in [-0.05, 0) is 49.2 Å². The molecule has 1 aliphatic heterocycles. The van der Waals surface area contributed by atoms with Crippen LogP contribution in [0.5, 0.6) is 0 Å². The molecule has 1 heterocycles. The summed E-state index contributed by atoms with van der Waals surface area (Å²) in [7, 11) is -7.34. The first-order chi connectivity index (χ1) is 13.2. The van der Waals surface area contributed by atoms with E-state index in [-0.39, 0.29) is 34.7 Å². The second-order valence-electron chi connectivity index (χ2n) is 6.55. The number of piperidine rings is 1. The van der Waals surface area contributed by atoms with E-state index in [2.05, 4.69) is 5.32 Å². The molecule has 3 N–H and O–H groups in total. The molecule has 1 amide bonds. The summed E-state index contributed by atoms with van der Waals surface area (Å²) in [6.07, 6.45) is 0.820. The molecule has 0 saturated carbocycles. The molecule has 2 aromatic carbocycles. The molecule has 8 nitrogen and oxygen atoms in total. The highest BCUT2D eigenvalue weighted by atomic mass is 32.2. The van der Waals surface area contributed by atoms with Gasteiger partial charge >= 0.3 is 0 Å². The van der Waals surface area contributed by atoms with Gasteiger partial charge < -0.3 is 5.32 Å². The van der Waals surface area contributed by atoms with E-state index < -0.39 is 20.0 Å². The van der Waals surface area contributed by atoms with Crippen molar-refractivity contribution >= 4 is 31.6 Å². The van der Waals surface area contributed by atoms with Crippen LogP contribution in [0.25, 0.3) is 0 Å². The topological polar surface area (TPSA) is 127 Å². The predicted molar refractivity (Wildman–Crippen MR) is 104 cm³/mol. The van der Waals surface area contributed by atoms with Crippen LogP contribution in [0.4, 0.5) is 5.69 Å². The minimum absolute atomic E-state index is 0.0371. The summed E-state index contributed by atoms with van der Waals surface area (Å²) in [6, 6.07) is 13.8. The van der Waals surface area contributed by atoms with Gasteiger partial charge in [-0.2, -0.15) is 4.31 Å². The normalized spacial score (nSPS) is 16.6. The summed E-state index contributed by atoms with van der Waals surface area (Å²) >= 11 is 0. The Morgan fingerprint density at radius 3 is 2.00 bits per heavy atom. The molecule has 0 atom stereocenters. The van der Waals surface area contributed by atoms with Crippen molar-refractivity contribution in [2.24, 2.45) is 11.1 Å². The lowest BCUT2D eigenvalue weighted by atomic mass is 9.97. The molecule has 0 bridgehead atoms. The Labute approximate surface area is 164 Å². The molecule has 0 aliphatic carbocycles. The number of hydrogen-bond acceptors (Lipinski definition) is 5. The van der Waals surface area contributed by atoms with E-state index in [0.717, 1.165) is 0 Å². The number of sulfonamides is 2. The Bertz CT molecular complexity index is 1040. The summed E-state index contributed by atoms with van der Waals surface area (Å²) in [4.78, 5) is 12.7. The fourth-order valence-corrected chi connectivity index (χ4v) is 5.08. The highest BCUT2D eigenvalue weighted by Crippen LogP contribution is 2.25. The number of hydrogen-bond donors (Lipinski definition) is 2. The van der Waals surface area contributed by atoms with Gasteiger partial charge in [-0.15, -0.1) is 0 Å². The average Bonchev–Trinajstić information content (AvgIpc) is 2.68. The second-order valence-corrected chi connectivity index (χ2v) is 10.0. The van der Waals surface area contributed by atoms with Crippen LogP contribution in [0, 0.1) is 5.92 Å². The predicted octanol–water partition coefficient (Wildman–Crippen LogP) is 1.37. The van der Waals surface area contributed by atoms with Gasteiger partial charge in [0, 0.05) is 24.7 Å². The fraction of sp³-hybridized carbons (Fsp3) is 0.278. The number of nitrogens with zero attached hydrogens (tertiary/aromatic N) is 1. The lowest BCUT2D eigenvalue weighted by Gasteiger charge is -2.30. The third-order valence-corrected chi connectivity index (χ3v) is 7.50. The van der Waals surface area contributed by atoms with E-state index in [4.69, 9.17) is 5.14 Å². The van der Waals surface area contributed by atoms with Crippen molar-refractivity contribution in [2.45, 2.75) is 22.6 Å². The number of carbonyl (C=O) groups is 1. The molecule has 1 saturated heterocycles. The summed E-state index contributed by atoms with van der Waals surface area (Å²) < 4.78 is 49.2. The van der Waals surface area contributed by atoms with E-state index in [1.54, 1.807) is 30.3 Å². The van der Waals surface area contributed by atoms with E-state index in [1.807, 2.05) is 0 Å². The molecule has 1 fully saturated rings. The van der Waals surface area contributed by atoms with E-state index >= 15 is 0 Å². The van der Waals surface area contributed by atoms with E-state index in [9.17, 15) is 21.6 Å². The highest BCUT2D eigenvalue weighted by Gasteiger charge is 2.32. The molecular formula is C18H21N3O5S2. The van der Waals surface area contributed by atoms with Gasteiger partial charge in [0.1, 0.15) is 0 Å². The largest absolute Gasteiger partial charge is 0.326 e. The summed E-state index contributed by atoms with van der Waals surface area (Å²) in [5, 5.41) is 7.78. The van der Waals surface area contributed by atoms with Crippen LogP contribution in [0.15, 0.2) is 64.4 Å². The van der Waals surface area contributed by atoms with Crippen LogP contribution in [0.2, 0.25) is 0 Å². The molecular weight excluding hydrogens is 402 g/mol. The van der Waals surface area contributed by atoms with Crippen LogP contribution >= 0.6 is 0 Å². The number of amides is 1. The highest BCUT2D eigenvalue weighted by molar-refractivity contribution is 7.89. The Kier molecular flexibility index (Phi) is 5.84. The van der Waals surface area contributed by atoms with Crippen molar-refractivity contribution in [3.63, 3.8) is 0 Å². The third kappa shape index (κ3) is 4.58. The molecule has 150 valence electrons. The smallest absolute Gasteiger partial charge is 0.243 e. The quantitative estimate of drug-likeness (QED) is 0.751. The van der Waals surface area contributed by atoms with Gasteiger partial charge in [-0.25, -0.2) is 22.0 Å². The molecule has 28 heavy (non-hydrogen) atoms. The monoisotopic (exact) mass is 423 g/mol. The standard InChI is InChI=1S/C18H21N3O5S2/c19-27(23,24)16-8-6-15(7-9-16)20-18(22)14-10-12-21(13-11-14)28(25,26)17-4-2-1-3-5-17/h1-9,14H,10-13H2,(H,20,22)(H2,19,23,24). The first-order valence-corrected chi connectivity index (χ1v) is 11.7. The molecule has 10 heteroatoms.